The van der Waals surface area contributed by atoms with Crippen LogP contribution in [0.25, 0.3) is 0 Å². The average Bonchev–Trinajstić information content (AvgIpc) is 3.36. The van der Waals surface area contributed by atoms with Crippen LogP contribution in [0.1, 0.15) is 37.4 Å². The summed E-state index contributed by atoms with van der Waals surface area (Å²) in [6.07, 6.45) is 0.209. The first-order valence-electron chi connectivity index (χ1n) is 9.88. The van der Waals surface area contributed by atoms with Gasteiger partial charge in [0.1, 0.15) is 24.4 Å². The second-order valence-corrected chi connectivity index (χ2v) is 8.28. The largest absolute Gasteiger partial charge is 0.495 e. The van der Waals surface area contributed by atoms with Gasteiger partial charge in [-0.25, -0.2) is 9.69 Å². The van der Waals surface area contributed by atoms with Gasteiger partial charge in [0.25, 0.3) is 0 Å². The van der Waals surface area contributed by atoms with Crippen LogP contribution in [0, 0.1) is 0 Å². The number of amides is 1. The van der Waals surface area contributed by atoms with Gasteiger partial charge in [0.2, 0.25) is 0 Å². The summed E-state index contributed by atoms with van der Waals surface area (Å²) in [5.41, 5.74) is 2.14. The highest BCUT2D eigenvalue weighted by atomic mass is 16.8. The summed E-state index contributed by atoms with van der Waals surface area (Å²) in [7, 11) is 1.56. The molecule has 0 spiro atoms. The molecule has 0 saturated carbocycles. The molecule has 1 N–H and O–H groups in total. The minimum atomic E-state index is -0.723. The van der Waals surface area contributed by atoms with Crippen LogP contribution in [0.15, 0.2) is 36.2 Å². The van der Waals surface area contributed by atoms with Gasteiger partial charge in [-0.1, -0.05) is 24.3 Å². The number of carbonyl (C=O) groups excluding carboxylic acids is 1. The molecule has 6 atom stereocenters. The van der Waals surface area contributed by atoms with E-state index in [-0.39, 0.29) is 36.3 Å². The Kier molecular flexibility index (Phi) is 4.36. The summed E-state index contributed by atoms with van der Waals surface area (Å²) < 4.78 is 28.6. The maximum Gasteiger partial charge on any atom is 0.417 e. The lowest BCUT2D eigenvalue weighted by Gasteiger charge is -2.23. The average molecular weight is 403 g/mol. The van der Waals surface area contributed by atoms with E-state index in [0.717, 1.165) is 11.1 Å². The molecule has 3 heterocycles. The van der Waals surface area contributed by atoms with Crippen molar-refractivity contribution in [1.82, 2.24) is 4.90 Å². The second kappa shape index (κ2) is 6.70. The molecule has 5 rings (SSSR count). The molecule has 1 aromatic rings. The third-order valence-electron chi connectivity index (χ3n) is 5.99. The van der Waals surface area contributed by atoms with Crippen LogP contribution < -0.4 is 0 Å². The van der Waals surface area contributed by atoms with Gasteiger partial charge in [-0.05, 0) is 37.5 Å². The van der Waals surface area contributed by atoms with Gasteiger partial charge in [0, 0.05) is 13.5 Å². The van der Waals surface area contributed by atoms with Crippen LogP contribution in [-0.4, -0.2) is 59.7 Å². The fourth-order valence-corrected chi connectivity index (χ4v) is 4.83. The van der Waals surface area contributed by atoms with Gasteiger partial charge in [-0.15, -0.1) is 0 Å². The van der Waals surface area contributed by atoms with Crippen molar-refractivity contribution in [2.24, 2.45) is 0 Å². The van der Waals surface area contributed by atoms with E-state index in [1.54, 1.807) is 13.2 Å². The third-order valence-corrected chi connectivity index (χ3v) is 5.99. The molecule has 8 nitrogen and oxygen atoms in total. The fraction of sp³-hybridized carbons (Fsp3) is 0.571. The molecular weight excluding hydrogens is 378 g/mol. The molecular formula is C21H25NO7. The zero-order valence-electron chi connectivity index (χ0n) is 16.6. The normalized spacial score (nSPS) is 37.4. The zero-order chi connectivity index (χ0) is 20.3. The zero-order valence-corrected chi connectivity index (χ0v) is 16.6. The van der Waals surface area contributed by atoms with Crippen LogP contribution in [0.3, 0.4) is 0 Å². The number of ether oxygens (including phenoxy) is 5. The summed E-state index contributed by atoms with van der Waals surface area (Å²) in [5, 5.41) is 10.7. The van der Waals surface area contributed by atoms with E-state index in [1.165, 1.54) is 4.90 Å². The summed E-state index contributed by atoms with van der Waals surface area (Å²) in [6, 6.07) is 7.58. The van der Waals surface area contributed by atoms with E-state index in [4.69, 9.17) is 23.7 Å². The molecule has 3 saturated heterocycles. The van der Waals surface area contributed by atoms with Crippen LogP contribution in [0.4, 0.5) is 4.79 Å². The van der Waals surface area contributed by atoms with Crippen molar-refractivity contribution < 1.29 is 33.6 Å². The smallest absolute Gasteiger partial charge is 0.417 e. The van der Waals surface area contributed by atoms with E-state index < -0.39 is 18.2 Å². The Balaban J connectivity index is 1.34. The summed E-state index contributed by atoms with van der Waals surface area (Å²) in [5.74, 6) is -0.863. The number of nitrogens with zero attached hydrogens (tertiary/aromatic N) is 1. The molecule has 4 aliphatic rings. The van der Waals surface area contributed by atoms with Crippen molar-refractivity contribution in [2.75, 3.05) is 7.11 Å². The molecule has 0 radical (unpaired) electrons. The molecule has 1 aromatic carbocycles. The van der Waals surface area contributed by atoms with E-state index in [2.05, 4.69) is 0 Å². The molecule has 0 aromatic heterocycles. The van der Waals surface area contributed by atoms with Crippen molar-refractivity contribution in [3.8, 4) is 0 Å². The van der Waals surface area contributed by atoms with Crippen LogP contribution >= 0.6 is 0 Å². The molecule has 1 amide bonds. The minimum absolute atomic E-state index is 0.140. The molecule has 29 heavy (non-hydrogen) atoms. The van der Waals surface area contributed by atoms with Crippen molar-refractivity contribution in [1.29, 1.82) is 0 Å². The molecule has 8 heteroatoms. The third kappa shape index (κ3) is 3.02. The lowest BCUT2D eigenvalue weighted by Crippen LogP contribution is -2.30. The van der Waals surface area contributed by atoms with Crippen molar-refractivity contribution in [3.05, 3.63) is 47.4 Å². The number of fused-ring (bicyclic) bond motifs is 4. The number of aliphatic hydroxyl groups is 1. The van der Waals surface area contributed by atoms with E-state index >= 15 is 0 Å². The van der Waals surface area contributed by atoms with Gasteiger partial charge in [-0.2, -0.15) is 0 Å². The number of hydrogen-bond acceptors (Lipinski definition) is 7. The van der Waals surface area contributed by atoms with Gasteiger partial charge in [-0.3, -0.25) is 0 Å². The van der Waals surface area contributed by atoms with Crippen LogP contribution in [0.5, 0.6) is 0 Å². The Morgan fingerprint density at radius 1 is 1.31 bits per heavy atom. The Morgan fingerprint density at radius 2 is 2.07 bits per heavy atom. The number of carbonyl (C=O) groups is 1. The monoisotopic (exact) mass is 403 g/mol. The summed E-state index contributed by atoms with van der Waals surface area (Å²) in [6.45, 7) is 3.70. The first-order valence-corrected chi connectivity index (χ1v) is 9.88. The van der Waals surface area contributed by atoms with Gasteiger partial charge < -0.3 is 28.8 Å². The lowest BCUT2D eigenvalue weighted by atomic mass is 10.1. The first-order chi connectivity index (χ1) is 13.9. The maximum atomic E-state index is 12.4. The quantitative estimate of drug-likeness (QED) is 0.774. The Labute approximate surface area is 168 Å². The number of rotatable bonds is 4. The predicted molar refractivity (Wildman–Crippen MR) is 99.8 cm³/mol. The minimum Gasteiger partial charge on any atom is -0.495 e. The van der Waals surface area contributed by atoms with Gasteiger partial charge >= 0.3 is 6.09 Å². The van der Waals surface area contributed by atoms with Crippen LogP contribution in [0.2, 0.25) is 0 Å². The maximum absolute atomic E-state index is 12.4. The first kappa shape index (κ1) is 18.9. The number of hydrogen-bond donors (Lipinski definition) is 1. The molecule has 1 aliphatic carbocycles. The second-order valence-electron chi connectivity index (χ2n) is 8.28. The van der Waals surface area contributed by atoms with Crippen molar-refractivity contribution >= 4 is 6.09 Å². The Bertz CT molecular complexity index is 853. The number of methoxy groups -OCH3 is 1. The molecule has 3 aliphatic heterocycles. The summed E-state index contributed by atoms with van der Waals surface area (Å²) in [4.78, 5) is 13.7. The number of benzene rings is 1. The molecule has 0 unspecified atom stereocenters. The van der Waals surface area contributed by atoms with Crippen LogP contribution in [-0.2, 0) is 30.1 Å². The highest BCUT2D eigenvalue weighted by molar-refractivity contribution is 5.74. The Morgan fingerprint density at radius 3 is 2.86 bits per heavy atom. The van der Waals surface area contributed by atoms with Gasteiger partial charge in [0.15, 0.2) is 18.0 Å². The highest BCUT2D eigenvalue weighted by Crippen LogP contribution is 2.44. The Hall–Kier alpha value is -2.13. The van der Waals surface area contributed by atoms with Crippen molar-refractivity contribution in [3.63, 3.8) is 0 Å². The van der Waals surface area contributed by atoms with E-state index in [0.29, 0.717) is 12.8 Å². The van der Waals surface area contributed by atoms with Crippen molar-refractivity contribution in [2.45, 2.75) is 69.2 Å². The van der Waals surface area contributed by atoms with E-state index in [9.17, 15) is 9.90 Å². The summed E-state index contributed by atoms with van der Waals surface area (Å²) >= 11 is 0. The fourth-order valence-electron chi connectivity index (χ4n) is 4.83. The SMILES string of the molecule is CO[C@@H]1O[C@H](C/C=C(\O)N2C(=O)O[C@@H]3Cc4ccccc4[C@@H]32)[C@H]2OC(C)(C)O[C@@H]12. The highest BCUT2D eigenvalue weighted by Gasteiger charge is 2.55. The molecule has 156 valence electrons. The topological polar surface area (TPSA) is 86.7 Å². The van der Waals surface area contributed by atoms with Gasteiger partial charge in [0.05, 0.1) is 6.10 Å². The molecule has 3 fully saturated rings. The number of aliphatic hydroxyl groups excluding tert-OH is 1. The standard InChI is InChI=1S/C21H25NO7/c1-21(2)28-17-13(26-19(25-3)18(17)29-21)8-9-15(23)22-16-12-7-5-4-6-11(12)10-14(16)27-20(22)24/h4-7,9,13-14,16-19,23H,8,10H2,1-3H3/b15-9-/t13-,14-,16+,17-,18-,19-/m1/s1. The lowest BCUT2D eigenvalue weighted by molar-refractivity contribution is -0.226. The predicted octanol–water partition coefficient (Wildman–Crippen LogP) is 2.79. The molecule has 0 bridgehead atoms. The van der Waals surface area contributed by atoms with E-state index in [1.807, 2.05) is 38.1 Å².